The molecule has 9 rings (SSSR count). The number of pyridine rings is 2. The van der Waals surface area contributed by atoms with Crippen LogP contribution in [0.25, 0.3) is 60.9 Å². The number of amides is 2. The molecule has 1 aliphatic heterocycles. The highest BCUT2D eigenvalue weighted by Crippen LogP contribution is 2.44. The third kappa shape index (κ3) is 4.20. The van der Waals surface area contributed by atoms with Gasteiger partial charge in [0.1, 0.15) is 0 Å². The SMILES string of the molecule is O=C1c2cccc(-n3c4cccc(-c5cccnc5)c4c4c(-c5cccnc5)cccc43)c2C(=O)N1c1ccc(-c2ccccc2)cc1. The van der Waals surface area contributed by atoms with Crippen LogP contribution in [-0.4, -0.2) is 26.3 Å². The Labute approximate surface area is 276 Å². The lowest BCUT2D eigenvalue weighted by atomic mass is 9.96. The van der Waals surface area contributed by atoms with Gasteiger partial charge in [-0.25, -0.2) is 4.90 Å². The maximum atomic E-state index is 14.4. The molecule has 0 aliphatic carbocycles. The monoisotopic (exact) mass is 618 g/mol. The van der Waals surface area contributed by atoms with E-state index in [0.29, 0.717) is 22.5 Å². The number of carbonyl (C=O) groups is 2. The van der Waals surface area contributed by atoms with E-state index in [2.05, 4.69) is 50.9 Å². The third-order valence-electron chi connectivity index (χ3n) is 9.13. The number of benzene rings is 5. The topological polar surface area (TPSA) is 68.1 Å². The molecule has 0 fully saturated rings. The molecule has 6 nitrogen and oxygen atoms in total. The zero-order chi connectivity index (χ0) is 32.2. The molecule has 0 saturated carbocycles. The maximum Gasteiger partial charge on any atom is 0.268 e. The summed E-state index contributed by atoms with van der Waals surface area (Å²) < 4.78 is 2.12. The molecule has 0 saturated heterocycles. The molecule has 6 heteroatoms. The van der Waals surface area contributed by atoms with Gasteiger partial charge >= 0.3 is 0 Å². The summed E-state index contributed by atoms with van der Waals surface area (Å²) in [5.74, 6) is -0.683. The van der Waals surface area contributed by atoms with Gasteiger partial charge in [-0.15, -0.1) is 0 Å². The van der Waals surface area contributed by atoms with Crippen molar-refractivity contribution >= 4 is 39.3 Å². The number of carbonyl (C=O) groups excluding carboxylic acids is 2. The van der Waals surface area contributed by atoms with Gasteiger partial charge in [0.2, 0.25) is 0 Å². The second kappa shape index (κ2) is 11.0. The Bertz CT molecular complexity index is 2430. The van der Waals surface area contributed by atoms with Crippen LogP contribution in [0.15, 0.2) is 158 Å². The molecule has 2 amide bonds. The van der Waals surface area contributed by atoms with Gasteiger partial charge < -0.3 is 4.57 Å². The fraction of sp³-hybridized carbons (Fsp3) is 0. The lowest BCUT2D eigenvalue weighted by Crippen LogP contribution is -2.29. The van der Waals surface area contributed by atoms with E-state index in [0.717, 1.165) is 55.2 Å². The summed E-state index contributed by atoms with van der Waals surface area (Å²) in [6.45, 7) is 0. The van der Waals surface area contributed by atoms with Crippen molar-refractivity contribution in [2.45, 2.75) is 0 Å². The normalized spacial score (nSPS) is 12.6. The fourth-order valence-electron chi connectivity index (χ4n) is 7.01. The zero-order valence-electron chi connectivity index (χ0n) is 25.6. The van der Waals surface area contributed by atoms with Crippen molar-refractivity contribution in [1.29, 1.82) is 0 Å². The number of aromatic nitrogens is 3. The van der Waals surface area contributed by atoms with Gasteiger partial charge in [0.05, 0.1) is 33.5 Å². The van der Waals surface area contributed by atoms with Crippen molar-refractivity contribution in [3.63, 3.8) is 0 Å². The molecule has 1 aliphatic rings. The van der Waals surface area contributed by atoms with Crippen LogP contribution in [0.3, 0.4) is 0 Å². The molecule has 0 N–H and O–H groups in total. The molecule has 48 heavy (non-hydrogen) atoms. The summed E-state index contributed by atoms with van der Waals surface area (Å²) in [5.41, 5.74) is 9.88. The summed E-state index contributed by atoms with van der Waals surface area (Å²) in [7, 11) is 0. The second-order valence-corrected chi connectivity index (χ2v) is 11.8. The lowest BCUT2D eigenvalue weighted by Gasteiger charge is -2.15. The lowest BCUT2D eigenvalue weighted by molar-refractivity contribution is 0.0926. The maximum absolute atomic E-state index is 14.4. The summed E-state index contributed by atoms with van der Waals surface area (Å²) >= 11 is 0. The summed E-state index contributed by atoms with van der Waals surface area (Å²) in [4.78, 5) is 38.5. The summed E-state index contributed by atoms with van der Waals surface area (Å²) in [5, 5.41) is 2.06. The fourth-order valence-corrected chi connectivity index (χ4v) is 7.01. The van der Waals surface area contributed by atoms with Crippen LogP contribution in [0.4, 0.5) is 5.69 Å². The number of nitrogens with zero attached hydrogens (tertiary/aromatic N) is 4. The molecule has 5 aromatic carbocycles. The van der Waals surface area contributed by atoms with E-state index in [4.69, 9.17) is 0 Å². The number of hydrogen-bond acceptors (Lipinski definition) is 4. The number of hydrogen-bond donors (Lipinski definition) is 0. The van der Waals surface area contributed by atoms with Gasteiger partial charge in [-0.3, -0.25) is 19.6 Å². The Balaban J connectivity index is 1.27. The van der Waals surface area contributed by atoms with Crippen LogP contribution in [0.2, 0.25) is 0 Å². The van der Waals surface area contributed by atoms with Crippen molar-refractivity contribution in [2.24, 2.45) is 0 Å². The standard InChI is InChI=1S/C42H26N4O2/c47-41-34-15-6-18-37(40(34)42(48)45(41)31-21-19-28(20-22-31)27-9-2-1-3-10-27)46-35-16-4-13-32(29-11-7-23-43-25-29)38(35)39-33(14-5-17-36(39)46)30-12-8-24-44-26-30/h1-26H. The van der Waals surface area contributed by atoms with Crippen LogP contribution in [0.5, 0.6) is 0 Å². The number of anilines is 1. The highest BCUT2D eigenvalue weighted by atomic mass is 16.2. The van der Waals surface area contributed by atoms with Gasteiger partial charge in [0.15, 0.2) is 0 Å². The van der Waals surface area contributed by atoms with Crippen LogP contribution in [0, 0.1) is 0 Å². The third-order valence-corrected chi connectivity index (χ3v) is 9.13. The molecule has 4 heterocycles. The minimum Gasteiger partial charge on any atom is -0.308 e. The van der Waals surface area contributed by atoms with Crippen LogP contribution < -0.4 is 4.90 Å². The molecule has 8 aromatic rings. The first kappa shape index (κ1) is 27.6. The Morgan fingerprint density at radius 3 is 1.56 bits per heavy atom. The number of rotatable bonds is 5. The van der Waals surface area contributed by atoms with Crippen molar-refractivity contribution in [2.75, 3.05) is 4.90 Å². The predicted molar refractivity (Wildman–Crippen MR) is 190 cm³/mol. The van der Waals surface area contributed by atoms with E-state index in [1.807, 2.05) is 103 Å². The molecule has 0 atom stereocenters. The number of fused-ring (bicyclic) bond motifs is 4. The molecular weight excluding hydrogens is 592 g/mol. The number of imide groups is 1. The highest BCUT2D eigenvalue weighted by Gasteiger charge is 2.39. The predicted octanol–water partition coefficient (Wildman–Crippen LogP) is 9.38. The van der Waals surface area contributed by atoms with Crippen molar-refractivity contribution in [3.8, 4) is 39.1 Å². The Hall–Kier alpha value is -6.66. The Morgan fingerprint density at radius 2 is 0.979 bits per heavy atom. The first-order valence-electron chi connectivity index (χ1n) is 15.7. The minimum atomic E-state index is -0.347. The van der Waals surface area contributed by atoms with E-state index < -0.39 is 0 Å². The largest absolute Gasteiger partial charge is 0.308 e. The van der Waals surface area contributed by atoms with E-state index in [1.165, 1.54) is 4.90 Å². The Kier molecular flexibility index (Phi) is 6.33. The molecule has 0 unspecified atom stereocenters. The first-order valence-corrected chi connectivity index (χ1v) is 15.7. The Morgan fingerprint density at radius 1 is 0.438 bits per heavy atom. The molecule has 0 radical (unpaired) electrons. The molecular formula is C42H26N4O2. The van der Waals surface area contributed by atoms with E-state index >= 15 is 0 Å². The highest BCUT2D eigenvalue weighted by molar-refractivity contribution is 6.36. The molecule has 0 bridgehead atoms. The van der Waals surface area contributed by atoms with Crippen LogP contribution in [-0.2, 0) is 0 Å². The molecule has 3 aromatic heterocycles. The van der Waals surface area contributed by atoms with Crippen molar-refractivity contribution in [3.05, 3.63) is 169 Å². The van der Waals surface area contributed by atoms with Crippen LogP contribution in [0.1, 0.15) is 20.7 Å². The second-order valence-electron chi connectivity index (χ2n) is 11.8. The van der Waals surface area contributed by atoms with Crippen LogP contribution >= 0.6 is 0 Å². The van der Waals surface area contributed by atoms with E-state index in [1.54, 1.807) is 18.5 Å². The molecule has 226 valence electrons. The smallest absolute Gasteiger partial charge is 0.268 e. The van der Waals surface area contributed by atoms with E-state index in [-0.39, 0.29) is 11.8 Å². The van der Waals surface area contributed by atoms with Crippen molar-refractivity contribution in [1.82, 2.24) is 14.5 Å². The molecule has 0 spiro atoms. The van der Waals surface area contributed by atoms with Gasteiger partial charge in [-0.2, -0.15) is 0 Å². The van der Waals surface area contributed by atoms with Gasteiger partial charge in [0, 0.05) is 46.7 Å². The zero-order valence-corrected chi connectivity index (χ0v) is 25.6. The quantitative estimate of drug-likeness (QED) is 0.180. The van der Waals surface area contributed by atoms with E-state index in [9.17, 15) is 9.59 Å². The first-order chi connectivity index (χ1) is 23.7. The van der Waals surface area contributed by atoms with Gasteiger partial charge in [0.25, 0.3) is 11.8 Å². The minimum absolute atomic E-state index is 0.336. The van der Waals surface area contributed by atoms with Gasteiger partial charge in [-0.1, -0.05) is 84.9 Å². The van der Waals surface area contributed by atoms with Crippen molar-refractivity contribution < 1.29 is 9.59 Å². The van der Waals surface area contributed by atoms with Gasteiger partial charge in [-0.05, 0) is 70.8 Å². The average molecular weight is 619 g/mol. The summed E-state index contributed by atoms with van der Waals surface area (Å²) in [6.07, 6.45) is 7.28. The average Bonchev–Trinajstić information content (AvgIpc) is 3.63. The summed E-state index contributed by atoms with van der Waals surface area (Å²) in [6, 6.07) is 43.5.